The zero-order valence-corrected chi connectivity index (χ0v) is 18.9. The standard InChI is InChI=1S/C25H29N5O2/c1-17(30-16-26-15-27-30)22(31)28-20-9-11-21(12-10-20)29-23(32)25(13-14-25)19-7-5-18(6-8-19)24(2,3)4/h5-12,15-17H,13-14H2,1-4H3,(H,28,31)(H,29,32). The van der Waals surface area contributed by atoms with Crippen LogP contribution in [0.1, 0.15) is 57.7 Å². The van der Waals surface area contributed by atoms with Crippen molar-refractivity contribution in [2.24, 2.45) is 0 Å². The first-order valence-corrected chi connectivity index (χ1v) is 10.9. The number of nitrogens with one attached hydrogen (secondary N) is 2. The lowest BCUT2D eigenvalue weighted by atomic mass is 9.85. The van der Waals surface area contributed by atoms with Gasteiger partial charge in [0.15, 0.2) is 0 Å². The van der Waals surface area contributed by atoms with Gasteiger partial charge < -0.3 is 10.6 Å². The lowest BCUT2D eigenvalue weighted by molar-refractivity contribution is -0.119. The molecular weight excluding hydrogens is 402 g/mol. The molecule has 1 aromatic heterocycles. The van der Waals surface area contributed by atoms with Crippen molar-refractivity contribution >= 4 is 23.2 Å². The van der Waals surface area contributed by atoms with Gasteiger partial charge in [-0.2, -0.15) is 5.10 Å². The smallest absolute Gasteiger partial charge is 0.249 e. The molecule has 1 fully saturated rings. The fourth-order valence-electron chi connectivity index (χ4n) is 3.73. The summed E-state index contributed by atoms with van der Waals surface area (Å²) in [6.07, 6.45) is 4.60. The molecule has 7 heteroatoms. The van der Waals surface area contributed by atoms with Gasteiger partial charge in [0.1, 0.15) is 18.7 Å². The minimum absolute atomic E-state index is 0.0117. The molecule has 166 valence electrons. The highest BCUT2D eigenvalue weighted by Gasteiger charge is 2.51. The van der Waals surface area contributed by atoms with Crippen molar-refractivity contribution in [1.29, 1.82) is 0 Å². The average molecular weight is 432 g/mol. The number of amides is 2. The molecule has 0 saturated heterocycles. The molecule has 0 radical (unpaired) electrons. The number of rotatable bonds is 6. The maximum Gasteiger partial charge on any atom is 0.249 e. The molecule has 3 aromatic rings. The zero-order valence-electron chi connectivity index (χ0n) is 18.9. The van der Waals surface area contributed by atoms with Gasteiger partial charge in [-0.3, -0.25) is 9.59 Å². The van der Waals surface area contributed by atoms with Gasteiger partial charge >= 0.3 is 0 Å². The quantitative estimate of drug-likeness (QED) is 0.604. The molecule has 1 aliphatic rings. The zero-order chi connectivity index (χ0) is 22.9. The SMILES string of the molecule is CC(C(=O)Nc1ccc(NC(=O)C2(c3ccc(C(C)(C)C)cc3)CC2)cc1)n1cncn1. The third-order valence-corrected chi connectivity index (χ3v) is 6.11. The van der Waals surface area contributed by atoms with Crippen molar-refractivity contribution < 1.29 is 9.59 Å². The fourth-order valence-corrected chi connectivity index (χ4v) is 3.73. The Hall–Kier alpha value is -3.48. The highest BCUT2D eigenvalue weighted by atomic mass is 16.2. The summed E-state index contributed by atoms with van der Waals surface area (Å²) in [7, 11) is 0. The van der Waals surface area contributed by atoms with E-state index in [1.165, 1.54) is 22.9 Å². The molecule has 0 aliphatic heterocycles. The molecule has 0 spiro atoms. The Morgan fingerprint density at radius 1 is 0.969 bits per heavy atom. The first kappa shape index (κ1) is 21.7. The van der Waals surface area contributed by atoms with Crippen LogP contribution in [0.15, 0.2) is 61.2 Å². The van der Waals surface area contributed by atoms with E-state index in [9.17, 15) is 9.59 Å². The van der Waals surface area contributed by atoms with Crippen molar-refractivity contribution in [3.63, 3.8) is 0 Å². The summed E-state index contributed by atoms with van der Waals surface area (Å²) in [5.74, 6) is -0.180. The molecular formula is C25H29N5O2. The van der Waals surface area contributed by atoms with Crippen molar-refractivity contribution in [3.8, 4) is 0 Å². The Kier molecular flexibility index (Phi) is 5.59. The number of hydrogen-bond acceptors (Lipinski definition) is 4. The average Bonchev–Trinajstić information content (AvgIpc) is 3.41. The number of hydrogen-bond donors (Lipinski definition) is 2. The highest BCUT2D eigenvalue weighted by molar-refractivity contribution is 6.01. The summed E-state index contributed by atoms with van der Waals surface area (Å²) >= 11 is 0. The van der Waals surface area contributed by atoms with Crippen LogP contribution in [0.25, 0.3) is 0 Å². The number of benzene rings is 2. The van der Waals surface area contributed by atoms with E-state index in [2.05, 4.69) is 65.8 Å². The second-order valence-electron chi connectivity index (χ2n) is 9.48. The molecule has 7 nitrogen and oxygen atoms in total. The van der Waals surface area contributed by atoms with Crippen LogP contribution >= 0.6 is 0 Å². The van der Waals surface area contributed by atoms with E-state index in [1.54, 1.807) is 31.2 Å². The molecule has 32 heavy (non-hydrogen) atoms. The molecule has 1 saturated carbocycles. The molecule has 1 unspecified atom stereocenters. The molecule has 1 aliphatic carbocycles. The van der Waals surface area contributed by atoms with Gasteiger partial charge in [-0.25, -0.2) is 9.67 Å². The van der Waals surface area contributed by atoms with E-state index in [1.807, 2.05) is 0 Å². The Balaban J connectivity index is 1.39. The van der Waals surface area contributed by atoms with Crippen molar-refractivity contribution in [1.82, 2.24) is 14.8 Å². The predicted molar refractivity (Wildman–Crippen MR) is 124 cm³/mol. The molecule has 2 N–H and O–H groups in total. The lowest BCUT2D eigenvalue weighted by Crippen LogP contribution is -2.28. The molecule has 2 amide bonds. The third-order valence-electron chi connectivity index (χ3n) is 6.11. The Labute approximate surface area is 188 Å². The molecule has 1 atom stereocenters. The normalized spacial score (nSPS) is 15.6. The van der Waals surface area contributed by atoms with Gasteiger partial charge in [0.2, 0.25) is 11.8 Å². The maximum atomic E-state index is 13.1. The lowest BCUT2D eigenvalue weighted by Gasteiger charge is -2.21. The van der Waals surface area contributed by atoms with Crippen LogP contribution in [0.4, 0.5) is 11.4 Å². The third kappa shape index (κ3) is 4.42. The van der Waals surface area contributed by atoms with Crippen molar-refractivity contribution in [2.75, 3.05) is 10.6 Å². The molecule has 2 aromatic carbocycles. The Morgan fingerprint density at radius 2 is 1.56 bits per heavy atom. The number of anilines is 2. The van der Waals surface area contributed by atoms with Crippen LogP contribution in [0, 0.1) is 0 Å². The Bertz CT molecular complexity index is 1090. The number of carbonyl (C=O) groups is 2. The van der Waals surface area contributed by atoms with E-state index in [0.717, 1.165) is 18.4 Å². The monoisotopic (exact) mass is 431 g/mol. The first-order valence-electron chi connectivity index (χ1n) is 10.9. The summed E-state index contributed by atoms with van der Waals surface area (Å²) in [5, 5.41) is 9.89. The summed E-state index contributed by atoms with van der Waals surface area (Å²) in [5.41, 5.74) is 3.31. The van der Waals surface area contributed by atoms with Gasteiger partial charge in [-0.15, -0.1) is 0 Å². The summed E-state index contributed by atoms with van der Waals surface area (Å²) in [4.78, 5) is 29.3. The first-order chi connectivity index (χ1) is 15.2. The molecule has 4 rings (SSSR count). The summed E-state index contributed by atoms with van der Waals surface area (Å²) < 4.78 is 1.49. The van der Waals surface area contributed by atoms with Gasteiger partial charge in [0, 0.05) is 11.4 Å². The minimum Gasteiger partial charge on any atom is -0.325 e. The number of aromatic nitrogens is 3. The van der Waals surface area contributed by atoms with Crippen LogP contribution in [0.3, 0.4) is 0 Å². The van der Waals surface area contributed by atoms with Crippen LogP contribution in [0.2, 0.25) is 0 Å². The predicted octanol–water partition coefficient (Wildman–Crippen LogP) is 4.45. The van der Waals surface area contributed by atoms with E-state index < -0.39 is 11.5 Å². The summed E-state index contributed by atoms with van der Waals surface area (Å²) in [6.45, 7) is 8.30. The topological polar surface area (TPSA) is 88.9 Å². The fraction of sp³-hybridized carbons (Fsp3) is 0.360. The van der Waals surface area contributed by atoms with Gasteiger partial charge in [0.05, 0.1) is 5.41 Å². The van der Waals surface area contributed by atoms with Crippen LogP contribution in [0.5, 0.6) is 0 Å². The van der Waals surface area contributed by atoms with E-state index in [0.29, 0.717) is 11.4 Å². The summed E-state index contributed by atoms with van der Waals surface area (Å²) in [6, 6.07) is 15.1. The molecule has 0 bridgehead atoms. The number of nitrogens with zero attached hydrogens (tertiary/aromatic N) is 3. The maximum absolute atomic E-state index is 13.1. The minimum atomic E-state index is -0.476. The van der Waals surface area contributed by atoms with Crippen molar-refractivity contribution in [3.05, 3.63) is 72.3 Å². The van der Waals surface area contributed by atoms with Crippen molar-refractivity contribution in [2.45, 2.75) is 57.4 Å². The second kappa shape index (κ2) is 8.22. The van der Waals surface area contributed by atoms with Crippen LogP contribution < -0.4 is 10.6 Å². The number of carbonyl (C=O) groups excluding carboxylic acids is 2. The second-order valence-corrected chi connectivity index (χ2v) is 9.48. The van der Waals surface area contributed by atoms with Gasteiger partial charge in [0.25, 0.3) is 0 Å². The van der Waals surface area contributed by atoms with Gasteiger partial charge in [-0.1, -0.05) is 45.0 Å². The van der Waals surface area contributed by atoms with Gasteiger partial charge in [-0.05, 0) is 60.6 Å². The van der Waals surface area contributed by atoms with Crippen LogP contribution in [-0.4, -0.2) is 26.6 Å². The Morgan fingerprint density at radius 3 is 2.06 bits per heavy atom. The molecule has 1 heterocycles. The highest BCUT2D eigenvalue weighted by Crippen LogP contribution is 2.49. The van der Waals surface area contributed by atoms with E-state index in [4.69, 9.17) is 0 Å². The van der Waals surface area contributed by atoms with Crippen LogP contribution in [-0.2, 0) is 20.4 Å². The largest absolute Gasteiger partial charge is 0.325 e. The van der Waals surface area contributed by atoms with E-state index >= 15 is 0 Å². The van der Waals surface area contributed by atoms with E-state index in [-0.39, 0.29) is 17.2 Å².